The number of nitro benzene ring substituents is 1. The van der Waals surface area contributed by atoms with Gasteiger partial charge in [0.1, 0.15) is 0 Å². The van der Waals surface area contributed by atoms with Gasteiger partial charge in [0.2, 0.25) is 10.0 Å². The molecular weight excluding hydrogens is 374 g/mol. The van der Waals surface area contributed by atoms with Gasteiger partial charge in [-0.3, -0.25) is 10.1 Å². The molecule has 0 saturated carbocycles. The second kappa shape index (κ2) is 9.19. The highest BCUT2D eigenvalue weighted by molar-refractivity contribution is 7.89. The van der Waals surface area contributed by atoms with Crippen molar-refractivity contribution < 1.29 is 22.8 Å². The van der Waals surface area contributed by atoms with Crippen LogP contribution in [0.15, 0.2) is 47.4 Å². The maximum Gasteiger partial charge on any atom is 0.269 e. The number of rotatable bonds is 10. The van der Waals surface area contributed by atoms with Crippen molar-refractivity contribution in [3.8, 4) is 11.5 Å². The van der Waals surface area contributed by atoms with Crippen molar-refractivity contribution in [1.82, 2.24) is 4.72 Å². The van der Waals surface area contributed by atoms with Crippen LogP contribution in [0.1, 0.15) is 6.42 Å². The summed E-state index contributed by atoms with van der Waals surface area (Å²) in [5.41, 5.74) is 0.742. The zero-order chi connectivity index (χ0) is 19.9. The van der Waals surface area contributed by atoms with Gasteiger partial charge in [0.15, 0.2) is 11.5 Å². The van der Waals surface area contributed by atoms with Gasteiger partial charge in [-0.2, -0.15) is 0 Å². The Kier molecular flexibility index (Phi) is 6.97. The van der Waals surface area contributed by atoms with Crippen molar-refractivity contribution >= 4 is 21.4 Å². The molecule has 0 atom stereocenters. The molecule has 0 spiro atoms. The maximum atomic E-state index is 12.3. The number of hydrogen-bond donors (Lipinski definition) is 2. The van der Waals surface area contributed by atoms with E-state index in [1.165, 1.54) is 44.6 Å². The number of hydrogen-bond acceptors (Lipinski definition) is 7. The summed E-state index contributed by atoms with van der Waals surface area (Å²) in [4.78, 5) is 10.2. The summed E-state index contributed by atoms with van der Waals surface area (Å²) in [5, 5.41) is 13.7. The molecule has 0 saturated heterocycles. The molecule has 2 N–H and O–H groups in total. The Morgan fingerprint density at radius 1 is 1.00 bits per heavy atom. The standard InChI is InChI=1S/C17H21N3O6S/c1-25-16-9-8-15(12-17(16)26-2)27(23,24)19-11-3-10-18-13-4-6-14(7-5-13)20(21)22/h4-9,12,18-19H,3,10-11H2,1-2H3. The summed E-state index contributed by atoms with van der Waals surface area (Å²) < 4.78 is 37.4. The van der Waals surface area contributed by atoms with Gasteiger partial charge in [0, 0.05) is 37.0 Å². The Bertz CT molecular complexity index is 884. The lowest BCUT2D eigenvalue weighted by Crippen LogP contribution is -2.26. The molecule has 10 heteroatoms. The smallest absolute Gasteiger partial charge is 0.269 e. The van der Waals surface area contributed by atoms with E-state index in [1.807, 2.05) is 0 Å². The number of nitrogens with one attached hydrogen (secondary N) is 2. The predicted molar refractivity (Wildman–Crippen MR) is 101 cm³/mol. The van der Waals surface area contributed by atoms with Gasteiger partial charge < -0.3 is 14.8 Å². The van der Waals surface area contributed by atoms with E-state index in [4.69, 9.17) is 9.47 Å². The summed E-state index contributed by atoms with van der Waals surface area (Å²) in [7, 11) is -0.756. The monoisotopic (exact) mass is 395 g/mol. The first kappa shape index (κ1) is 20.5. The average molecular weight is 395 g/mol. The molecule has 0 heterocycles. The Labute approximate surface area is 157 Å². The highest BCUT2D eigenvalue weighted by atomic mass is 32.2. The van der Waals surface area contributed by atoms with E-state index in [0.29, 0.717) is 24.5 Å². The third-order valence-corrected chi connectivity index (χ3v) is 5.18. The van der Waals surface area contributed by atoms with Crippen LogP contribution in [0.25, 0.3) is 0 Å². The van der Waals surface area contributed by atoms with E-state index >= 15 is 0 Å². The van der Waals surface area contributed by atoms with E-state index in [9.17, 15) is 18.5 Å². The molecule has 0 bridgehead atoms. The van der Waals surface area contributed by atoms with Gasteiger partial charge in [0.25, 0.3) is 5.69 Å². The molecule has 0 aliphatic carbocycles. The van der Waals surface area contributed by atoms with Crippen molar-refractivity contribution in [2.24, 2.45) is 0 Å². The van der Waals surface area contributed by atoms with Crippen LogP contribution >= 0.6 is 0 Å². The van der Waals surface area contributed by atoms with Gasteiger partial charge >= 0.3 is 0 Å². The van der Waals surface area contributed by atoms with E-state index in [2.05, 4.69) is 10.0 Å². The maximum absolute atomic E-state index is 12.3. The Morgan fingerprint density at radius 3 is 2.26 bits per heavy atom. The van der Waals surface area contributed by atoms with Crippen molar-refractivity contribution in [1.29, 1.82) is 0 Å². The van der Waals surface area contributed by atoms with Gasteiger partial charge in [0.05, 0.1) is 24.0 Å². The summed E-state index contributed by atoms with van der Waals surface area (Å²) in [6.07, 6.45) is 0.531. The molecular formula is C17H21N3O6S. The number of non-ortho nitro benzene ring substituents is 1. The fraction of sp³-hybridized carbons (Fsp3) is 0.294. The van der Waals surface area contributed by atoms with Crippen LogP contribution in [-0.4, -0.2) is 40.7 Å². The Hall–Kier alpha value is -2.85. The predicted octanol–water partition coefficient (Wildman–Crippen LogP) is 2.39. The minimum Gasteiger partial charge on any atom is -0.493 e. The molecule has 0 aliphatic rings. The first-order valence-corrected chi connectivity index (χ1v) is 9.55. The third-order valence-electron chi connectivity index (χ3n) is 3.72. The normalized spacial score (nSPS) is 11.0. The number of ether oxygens (including phenoxy) is 2. The fourth-order valence-electron chi connectivity index (χ4n) is 2.30. The van der Waals surface area contributed by atoms with Gasteiger partial charge in [-0.1, -0.05) is 0 Å². The largest absolute Gasteiger partial charge is 0.493 e. The summed E-state index contributed by atoms with van der Waals surface area (Å²) in [6, 6.07) is 10.4. The third kappa shape index (κ3) is 5.56. The fourth-order valence-corrected chi connectivity index (χ4v) is 3.38. The average Bonchev–Trinajstić information content (AvgIpc) is 2.67. The molecule has 0 amide bonds. The Balaban J connectivity index is 1.84. The van der Waals surface area contributed by atoms with Crippen LogP contribution in [0.4, 0.5) is 11.4 Å². The lowest BCUT2D eigenvalue weighted by atomic mass is 10.3. The first-order valence-electron chi connectivity index (χ1n) is 8.07. The topological polar surface area (TPSA) is 120 Å². The minimum absolute atomic E-state index is 0.0169. The number of methoxy groups -OCH3 is 2. The summed E-state index contributed by atoms with van der Waals surface area (Å²) in [5.74, 6) is 0.781. The number of anilines is 1. The van der Waals surface area contributed by atoms with Crippen molar-refractivity contribution in [3.63, 3.8) is 0 Å². The van der Waals surface area contributed by atoms with Crippen LogP contribution in [0.2, 0.25) is 0 Å². The van der Waals surface area contributed by atoms with E-state index < -0.39 is 14.9 Å². The highest BCUT2D eigenvalue weighted by Gasteiger charge is 2.16. The molecule has 9 nitrogen and oxygen atoms in total. The molecule has 27 heavy (non-hydrogen) atoms. The number of nitro groups is 1. The molecule has 146 valence electrons. The van der Waals surface area contributed by atoms with Crippen LogP contribution < -0.4 is 19.5 Å². The molecule has 0 aliphatic heterocycles. The summed E-state index contributed by atoms with van der Waals surface area (Å²) >= 11 is 0. The quantitative estimate of drug-likeness (QED) is 0.360. The van der Waals surface area contributed by atoms with Crippen LogP contribution in [0.5, 0.6) is 11.5 Å². The molecule has 0 fully saturated rings. The van der Waals surface area contributed by atoms with Gasteiger partial charge in [-0.15, -0.1) is 0 Å². The first-order chi connectivity index (χ1) is 12.9. The minimum atomic E-state index is -3.67. The molecule has 2 rings (SSSR count). The van der Waals surface area contributed by atoms with Gasteiger partial charge in [-0.25, -0.2) is 13.1 Å². The van der Waals surface area contributed by atoms with Crippen molar-refractivity contribution in [2.45, 2.75) is 11.3 Å². The number of benzene rings is 2. The van der Waals surface area contributed by atoms with E-state index in [-0.39, 0.29) is 17.1 Å². The molecule has 0 aromatic heterocycles. The SMILES string of the molecule is COc1ccc(S(=O)(=O)NCCCNc2ccc([N+](=O)[O-])cc2)cc1OC. The number of sulfonamides is 1. The second-order valence-electron chi connectivity index (χ2n) is 5.50. The van der Waals surface area contributed by atoms with E-state index in [1.54, 1.807) is 12.1 Å². The molecule has 0 unspecified atom stereocenters. The van der Waals surface area contributed by atoms with Crippen LogP contribution in [-0.2, 0) is 10.0 Å². The lowest BCUT2D eigenvalue weighted by Gasteiger charge is -2.11. The molecule has 2 aromatic rings. The van der Waals surface area contributed by atoms with Crippen molar-refractivity contribution in [3.05, 3.63) is 52.6 Å². The Morgan fingerprint density at radius 2 is 1.67 bits per heavy atom. The zero-order valence-electron chi connectivity index (χ0n) is 15.0. The molecule has 2 aromatic carbocycles. The van der Waals surface area contributed by atoms with Crippen LogP contribution in [0.3, 0.4) is 0 Å². The lowest BCUT2D eigenvalue weighted by molar-refractivity contribution is -0.384. The summed E-state index contributed by atoms with van der Waals surface area (Å²) in [6.45, 7) is 0.739. The molecule has 0 radical (unpaired) electrons. The zero-order valence-corrected chi connectivity index (χ0v) is 15.8. The van der Waals surface area contributed by atoms with Crippen molar-refractivity contribution in [2.75, 3.05) is 32.6 Å². The second-order valence-corrected chi connectivity index (χ2v) is 7.27. The van der Waals surface area contributed by atoms with Gasteiger partial charge in [-0.05, 0) is 30.7 Å². The number of nitrogens with zero attached hydrogens (tertiary/aromatic N) is 1. The highest BCUT2D eigenvalue weighted by Crippen LogP contribution is 2.29. The van der Waals surface area contributed by atoms with Crippen LogP contribution in [0, 0.1) is 10.1 Å². The van der Waals surface area contributed by atoms with E-state index in [0.717, 1.165) is 5.69 Å².